The number of hydrogen-bond acceptors (Lipinski definition) is 6. The molecule has 0 rings (SSSR count). The second-order valence-electron chi connectivity index (χ2n) is 7.59. The van der Waals surface area contributed by atoms with Crippen molar-refractivity contribution < 1.29 is 23.7 Å². The minimum Gasteiger partial charge on any atom is -0.378 e. The van der Waals surface area contributed by atoms with Crippen LogP contribution in [0.5, 0.6) is 0 Å². The highest BCUT2D eigenvalue weighted by molar-refractivity contribution is 4.69. The summed E-state index contributed by atoms with van der Waals surface area (Å²) in [5.41, 5.74) is 0.0323. The van der Waals surface area contributed by atoms with Gasteiger partial charge in [-0.1, -0.05) is 0 Å². The summed E-state index contributed by atoms with van der Waals surface area (Å²) < 4.78 is 27.3. The molecule has 0 heterocycles. The Bertz CT molecular complexity index is 246. The molecule has 0 amide bonds. The van der Waals surface area contributed by atoms with Gasteiger partial charge in [0.05, 0.1) is 65.1 Å². The second kappa shape index (κ2) is 14.0. The van der Waals surface area contributed by atoms with Crippen molar-refractivity contribution >= 4 is 0 Å². The number of rotatable bonds is 15. The molecule has 24 heavy (non-hydrogen) atoms. The molecule has 0 aliphatic carbocycles. The zero-order valence-corrected chi connectivity index (χ0v) is 16.6. The van der Waals surface area contributed by atoms with E-state index in [2.05, 4.69) is 26.1 Å². The quantitative estimate of drug-likeness (QED) is 0.458. The molecule has 0 saturated carbocycles. The van der Waals surface area contributed by atoms with Gasteiger partial charge < -0.3 is 29.0 Å². The molecule has 0 aromatic rings. The van der Waals surface area contributed by atoms with Crippen molar-refractivity contribution in [2.45, 2.75) is 52.7 Å². The van der Waals surface area contributed by atoms with Gasteiger partial charge in [0, 0.05) is 12.1 Å². The molecule has 0 aromatic heterocycles. The maximum Gasteiger partial charge on any atom is 0.0707 e. The van der Waals surface area contributed by atoms with Crippen molar-refractivity contribution in [3.63, 3.8) is 0 Å². The summed E-state index contributed by atoms with van der Waals surface area (Å²) in [7, 11) is 0. The summed E-state index contributed by atoms with van der Waals surface area (Å²) >= 11 is 0. The molecular weight excluding hydrogens is 310 g/mol. The molecule has 0 saturated heterocycles. The van der Waals surface area contributed by atoms with Gasteiger partial charge in [0.2, 0.25) is 0 Å². The highest BCUT2D eigenvalue weighted by Gasteiger charge is 2.08. The molecule has 0 bridgehead atoms. The van der Waals surface area contributed by atoms with Crippen molar-refractivity contribution in [2.75, 3.05) is 66.0 Å². The molecule has 6 nitrogen and oxygen atoms in total. The van der Waals surface area contributed by atoms with E-state index in [-0.39, 0.29) is 11.1 Å². The Morgan fingerprint density at radius 2 is 0.917 bits per heavy atom. The fourth-order valence-electron chi connectivity index (χ4n) is 1.67. The Kier molecular flexibility index (Phi) is 13.8. The number of hydrogen-bond donors (Lipinski definition) is 1. The van der Waals surface area contributed by atoms with E-state index in [9.17, 15) is 0 Å². The van der Waals surface area contributed by atoms with Gasteiger partial charge in [-0.05, 0) is 41.5 Å². The van der Waals surface area contributed by atoms with E-state index in [1.807, 2.05) is 20.8 Å². The fraction of sp³-hybridized carbons (Fsp3) is 1.00. The summed E-state index contributed by atoms with van der Waals surface area (Å²) in [5.74, 6) is 0. The van der Waals surface area contributed by atoms with Gasteiger partial charge in [-0.15, -0.1) is 0 Å². The third kappa shape index (κ3) is 21.8. The summed E-state index contributed by atoms with van der Waals surface area (Å²) in [6.45, 7) is 18.8. The van der Waals surface area contributed by atoms with E-state index < -0.39 is 0 Å². The van der Waals surface area contributed by atoms with Gasteiger partial charge in [0.1, 0.15) is 0 Å². The second-order valence-corrected chi connectivity index (χ2v) is 7.59. The van der Waals surface area contributed by atoms with Crippen molar-refractivity contribution in [3.8, 4) is 0 Å². The topological polar surface area (TPSA) is 58.2 Å². The fourth-order valence-corrected chi connectivity index (χ4v) is 1.67. The summed E-state index contributed by atoms with van der Waals surface area (Å²) in [5, 5.41) is 3.37. The molecule has 1 N–H and O–H groups in total. The standard InChI is InChI=1S/C18H39NO5/c1-17(2,3)19-7-8-20-9-10-21-11-12-22-13-14-23-15-16-24-18(4,5)6/h19H,7-16H2,1-6H3. The van der Waals surface area contributed by atoms with Crippen LogP contribution in [0.2, 0.25) is 0 Å². The zero-order chi connectivity index (χ0) is 18.3. The molecule has 0 aromatic carbocycles. The minimum atomic E-state index is -0.107. The molecule has 0 atom stereocenters. The van der Waals surface area contributed by atoms with Crippen LogP contribution in [0.3, 0.4) is 0 Å². The normalized spacial score (nSPS) is 12.8. The van der Waals surface area contributed by atoms with Gasteiger partial charge in [-0.25, -0.2) is 0 Å². The summed E-state index contributed by atoms with van der Waals surface area (Å²) in [6, 6.07) is 0. The summed E-state index contributed by atoms with van der Waals surface area (Å²) in [6.07, 6.45) is 0. The van der Waals surface area contributed by atoms with Crippen LogP contribution in [0.4, 0.5) is 0 Å². The van der Waals surface area contributed by atoms with E-state index in [0.717, 1.165) is 6.54 Å². The molecule has 6 heteroatoms. The summed E-state index contributed by atoms with van der Waals surface area (Å²) in [4.78, 5) is 0. The van der Waals surface area contributed by atoms with Gasteiger partial charge in [-0.2, -0.15) is 0 Å². The minimum absolute atomic E-state index is 0.107. The third-order valence-electron chi connectivity index (χ3n) is 2.78. The Morgan fingerprint density at radius 3 is 1.29 bits per heavy atom. The van der Waals surface area contributed by atoms with Gasteiger partial charge in [-0.3, -0.25) is 0 Å². The first-order valence-electron chi connectivity index (χ1n) is 8.91. The number of ether oxygens (including phenoxy) is 5. The molecular formula is C18H39NO5. The maximum atomic E-state index is 5.55. The average Bonchev–Trinajstić information content (AvgIpc) is 2.44. The zero-order valence-electron chi connectivity index (χ0n) is 16.6. The van der Waals surface area contributed by atoms with Crippen LogP contribution >= 0.6 is 0 Å². The monoisotopic (exact) mass is 349 g/mol. The maximum absolute atomic E-state index is 5.55. The Labute approximate surface area is 148 Å². The van der Waals surface area contributed by atoms with Gasteiger partial charge >= 0.3 is 0 Å². The van der Waals surface area contributed by atoms with Crippen molar-refractivity contribution in [2.24, 2.45) is 0 Å². The average molecular weight is 350 g/mol. The van der Waals surface area contributed by atoms with Crippen LogP contribution in [0.1, 0.15) is 41.5 Å². The predicted molar refractivity (Wildman–Crippen MR) is 96.7 cm³/mol. The SMILES string of the molecule is CC(C)(C)NCCOCCOCCOCCOCCOC(C)(C)C. The third-order valence-corrected chi connectivity index (χ3v) is 2.78. The van der Waals surface area contributed by atoms with Crippen LogP contribution in [-0.2, 0) is 23.7 Å². The van der Waals surface area contributed by atoms with E-state index in [1.54, 1.807) is 0 Å². The number of nitrogens with one attached hydrogen (secondary N) is 1. The lowest BCUT2D eigenvalue weighted by Crippen LogP contribution is -2.38. The molecule has 0 fully saturated rings. The first-order valence-corrected chi connectivity index (χ1v) is 8.91. The van der Waals surface area contributed by atoms with Crippen molar-refractivity contribution in [1.82, 2.24) is 5.32 Å². The predicted octanol–water partition coefficient (Wildman–Crippen LogP) is 2.26. The van der Waals surface area contributed by atoms with E-state index in [0.29, 0.717) is 59.5 Å². The van der Waals surface area contributed by atoms with Gasteiger partial charge in [0.25, 0.3) is 0 Å². The first kappa shape index (κ1) is 23.8. The van der Waals surface area contributed by atoms with Crippen LogP contribution in [0.15, 0.2) is 0 Å². The Balaban J connectivity index is 3.08. The van der Waals surface area contributed by atoms with Crippen molar-refractivity contribution in [3.05, 3.63) is 0 Å². The largest absolute Gasteiger partial charge is 0.378 e. The molecule has 0 unspecified atom stereocenters. The van der Waals surface area contributed by atoms with E-state index >= 15 is 0 Å². The van der Waals surface area contributed by atoms with Crippen LogP contribution in [0, 0.1) is 0 Å². The van der Waals surface area contributed by atoms with E-state index in [4.69, 9.17) is 23.7 Å². The highest BCUT2D eigenvalue weighted by atomic mass is 16.6. The lowest BCUT2D eigenvalue weighted by Gasteiger charge is -2.20. The highest BCUT2D eigenvalue weighted by Crippen LogP contribution is 2.05. The van der Waals surface area contributed by atoms with E-state index in [1.165, 1.54) is 0 Å². The molecule has 0 aliphatic rings. The molecule has 0 spiro atoms. The van der Waals surface area contributed by atoms with Crippen LogP contribution in [0.25, 0.3) is 0 Å². The Morgan fingerprint density at radius 1 is 0.542 bits per heavy atom. The first-order chi connectivity index (χ1) is 11.2. The Hall–Kier alpha value is -0.240. The van der Waals surface area contributed by atoms with Crippen LogP contribution < -0.4 is 5.32 Å². The van der Waals surface area contributed by atoms with Gasteiger partial charge in [0.15, 0.2) is 0 Å². The lowest BCUT2D eigenvalue weighted by molar-refractivity contribution is -0.0459. The molecule has 0 radical (unpaired) electrons. The smallest absolute Gasteiger partial charge is 0.0707 e. The van der Waals surface area contributed by atoms with Crippen molar-refractivity contribution in [1.29, 1.82) is 0 Å². The van der Waals surface area contributed by atoms with Crippen LogP contribution in [-0.4, -0.2) is 77.1 Å². The molecule has 146 valence electrons. The lowest BCUT2D eigenvalue weighted by atomic mass is 10.1. The molecule has 0 aliphatic heterocycles.